The Kier molecular flexibility index (Phi) is 9.54. The first kappa shape index (κ1) is 35.6. The molecule has 3 aliphatic rings. The fourth-order valence-electron chi connectivity index (χ4n) is 8.77. The highest BCUT2D eigenvalue weighted by molar-refractivity contribution is 6.08. The number of carbonyl (C=O) groups excluding carboxylic acids is 3. The Morgan fingerprint density at radius 2 is 1.80 bits per heavy atom. The summed E-state index contributed by atoms with van der Waals surface area (Å²) < 4.78 is 33.0. The molecule has 0 bridgehead atoms. The minimum absolute atomic E-state index is 0.00143. The number of hydrogen-bond donors (Lipinski definition) is 3. The number of H-pyrrole nitrogens is 1. The molecule has 1 aliphatic carbocycles. The number of para-hydroxylation sites is 1. The maximum atomic E-state index is 14.1. The fraction of sp³-hybridized carbons (Fsp3) is 0.474. The SMILES string of the molecule is CN(CC1CCC(c2nc(NC(=O)c3ccn4cccnc34)c(C(F)F)[nH]2)CC1)C1CCN(c2cccc3c2n(C)c(=O)n3C2CCC(=O)NC2=O)CC1. The molecule has 3 fully saturated rings. The van der Waals surface area contributed by atoms with Gasteiger partial charge in [0.15, 0.2) is 5.82 Å². The van der Waals surface area contributed by atoms with Gasteiger partial charge in [-0.1, -0.05) is 6.07 Å². The van der Waals surface area contributed by atoms with Crippen molar-refractivity contribution >= 4 is 45.9 Å². The van der Waals surface area contributed by atoms with Gasteiger partial charge in [-0.05, 0) is 82.2 Å². The number of aromatic nitrogens is 6. The summed E-state index contributed by atoms with van der Waals surface area (Å²) in [4.78, 5) is 67.3. The van der Waals surface area contributed by atoms with Crippen molar-refractivity contribution in [2.75, 3.05) is 36.9 Å². The van der Waals surface area contributed by atoms with E-state index >= 15 is 0 Å². The number of benzene rings is 1. The van der Waals surface area contributed by atoms with Crippen LogP contribution in [0.2, 0.25) is 0 Å². The van der Waals surface area contributed by atoms with Gasteiger partial charge >= 0.3 is 5.69 Å². The van der Waals surface area contributed by atoms with E-state index in [1.807, 2.05) is 18.2 Å². The number of nitrogens with zero attached hydrogens (tertiary/aromatic N) is 7. The Bertz CT molecular complexity index is 2280. The van der Waals surface area contributed by atoms with Gasteiger partial charge in [-0.3, -0.25) is 28.8 Å². The van der Waals surface area contributed by atoms with Gasteiger partial charge in [0.2, 0.25) is 11.8 Å². The lowest BCUT2D eigenvalue weighted by atomic mass is 9.81. The number of imidazole rings is 2. The van der Waals surface area contributed by atoms with Gasteiger partial charge in [0, 0.05) is 63.7 Å². The number of rotatable bonds is 9. The average Bonchev–Trinajstić information content (AvgIpc) is 3.87. The van der Waals surface area contributed by atoms with Crippen molar-refractivity contribution in [3.8, 4) is 0 Å². The summed E-state index contributed by atoms with van der Waals surface area (Å²) in [5.74, 6) is -0.485. The minimum Gasteiger partial charge on any atom is -0.370 e. The quantitative estimate of drug-likeness (QED) is 0.183. The van der Waals surface area contributed by atoms with E-state index in [0.29, 0.717) is 35.4 Å². The number of fused-ring (bicyclic) bond motifs is 2. The molecule has 0 radical (unpaired) electrons. The summed E-state index contributed by atoms with van der Waals surface area (Å²) in [7, 11) is 3.91. The van der Waals surface area contributed by atoms with Gasteiger partial charge in [0.25, 0.3) is 12.3 Å². The predicted molar refractivity (Wildman–Crippen MR) is 198 cm³/mol. The zero-order chi connectivity index (χ0) is 37.7. The minimum atomic E-state index is -2.82. The normalized spacial score (nSPS) is 21.4. The van der Waals surface area contributed by atoms with Crippen molar-refractivity contribution in [1.29, 1.82) is 0 Å². The first-order valence-electron chi connectivity index (χ1n) is 18.7. The maximum absolute atomic E-state index is 14.1. The molecule has 14 nitrogen and oxygen atoms in total. The molecule has 0 spiro atoms. The average molecular weight is 743 g/mol. The molecule has 8 rings (SSSR count). The van der Waals surface area contributed by atoms with Crippen LogP contribution in [0.25, 0.3) is 16.7 Å². The van der Waals surface area contributed by atoms with E-state index < -0.39 is 24.3 Å². The predicted octanol–water partition coefficient (Wildman–Crippen LogP) is 4.75. The van der Waals surface area contributed by atoms with Crippen LogP contribution in [0, 0.1) is 5.92 Å². The van der Waals surface area contributed by atoms with Crippen molar-refractivity contribution in [2.24, 2.45) is 13.0 Å². The van der Waals surface area contributed by atoms with E-state index in [9.17, 15) is 28.0 Å². The molecule has 6 heterocycles. The van der Waals surface area contributed by atoms with E-state index in [1.165, 1.54) is 4.57 Å². The molecule has 1 unspecified atom stereocenters. The Morgan fingerprint density at radius 3 is 2.54 bits per heavy atom. The summed E-state index contributed by atoms with van der Waals surface area (Å²) in [5, 5.41) is 4.97. The van der Waals surface area contributed by atoms with Crippen molar-refractivity contribution in [3.05, 3.63) is 76.5 Å². The Hall–Kier alpha value is -5.38. The third-order valence-electron chi connectivity index (χ3n) is 11.7. The standard InChI is InChI=1S/C38H44F2N10O4/c1-46(24-13-18-48(19-14-24)26-5-3-6-27-31(26)47(2)38(54)50(27)28-11-12-29(51)42-37(28)53)21-22-7-9-23(10-8-22)33-43-30(32(39)40)34(44-33)45-36(52)25-15-20-49-17-4-16-41-35(25)49/h3-6,15-17,20,22-24,28,32H,7-14,18-19,21H2,1-2H3,(H,43,44)(H,45,52)(H,42,51,53). The summed E-state index contributed by atoms with van der Waals surface area (Å²) in [6, 6.07) is 8.83. The number of alkyl halides is 2. The molecule has 2 aliphatic heterocycles. The molecule has 4 aromatic heterocycles. The monoisotopic (exact) mass is 742 g/mol. The number of aromatic amines is 1. The molecule has 3 amide bonds. The van der Waals surface area contributed by atoms with Crippen LogP contribution in [-0.4, -0.2) is 83.8 Å². The molecule has 5 aromatic rings. The van der Waals surface area contributed by atoms with Crippen molar-refractivity contribution < 1.29 is 23.2 Å². The number of anilines is 2. The Balaban J connectivity index is 0.868. The summed E-state index contributed by atoms with van der Waals surface area (Å²) in [5.41, 5.74) is 2.50. The van der Waals surface area contributed by atoms with Crippen LogP contribution in [0.3, 0.4) is 0 Å². The highest BCUT2D eigenvalue weighted by Gasteiger charge is 2.34. The first-order valence-corrected chi connectivity index (χ1v) is 18.7. The van der Waals surface area contributed by atoms with Crippen molar-refractivity contribution in [2.45, 2.75) is 75.8 Å². The third-order valence-corrected chi connectivity index (χ3v) is 11.7. The van der Waals surface area contributed by atoms with Gasteiger partial charge in [-0.15, -0.1) is 0 Å². The maximum Gasteiger partial charge on any atom is 0.329 e. The number of imide groups is 1. The highest BCUT2D eigenvalue weighted by Crippen LogP contribution is 2.38. The second-order valence-corrected chi connectivity index (χ2v) is 14.9. The van der Waals surface area contributed by atoms with E-state index in [0.717, 1.165) is 69.4 Å². The molecule has 16 heteroatoms. The molecule has 1 aromatic carbocycles. The van der Waals surface area contributed by atoms with Crippen LogP contribution in [-0.2, 0) is 16.6 Å². The van der Waals surface area contributed by atoms with Gasteiger partial charge in [0.1, 0.15) is 23.2 Å². The summed E-state index contributed by atoms with van der Waals surface area (Å²) >= 11 is 0. The number of amides is 3. The van der Waals surface area contributed by atoms with Crippen LogP contribution in [0.15, 0.2) is 53.7 Å². The van der Waals surface area contributed by atoms with E-state index in [2.05, 4.69) is 42.4 Å². The zero-order valence-corrected chi connectivity index (χ0v) is 30.3. The molecular weight excluding hydrogens is 698 g/mol. The van der Waals surface area contributed by atoms with E-state index in [4.69, 9.17) is 0 Å². The number of hydrogen-bond acceptors (Lipinski definition) is 8. The Morgan fingerprint density at radius 1 is 1.02 bits per heavy atom. The second-order valence-electron chi connectivity index (χ2n) is 14.9. The smallest absolute Gasteiger partial charge is 0.329 e. The highest BCUT2D eigenvalue weighted by atomic mass is 19.3. The van der Waals surface area contributed by atoms with Gasteiger partial charge in [-0.2, -0.15) is 0 Å². The van der Waals surface area contributed by atoms with Gasteiger partial charge < -0.3 is 24.5 Å². The lowest BCUT2D eigenvalue weighted by Crippen LogP contribution is -2.45. The molecule has 284 valence electrons. The molecule has 1 atom stereocenters. The van der Waals surface area contributed by atoms with Gasteiger partial charge in [0.05, 0.1) is 22.3 Å². The summed E-state index contributed by atoms with van der Waals surface area (Å²) in [6.07, 6.45) is 8.13. The van der Waals surface area contributed by atoms with Crippen LogP contribution < -0.4 is 21.2 Å². The number of nitrogens with one attached hydrogen (secondary N) is 3. The number of piperidine rings is 2. The lowest BCUT2D eigenvalue weighted by Gasteiger charge is -2.40. The number of halogens is 2. The Labute approximate surface area is 309 Å². The van der Waals surface area contributed by atoms with Gasteiger partial charge in [-0.25, -0.2) is 23.5 Å². The van der Waals surface area contributed by atoms with E-state index in [-0.39, 0.29) is 41.0 Å². The molecule has 2 saturated heterocycles. The largest absolute Gasteiger partial charge is 0.370 e. The lowest BCUT2D eigenvalue weighted by molar-refractivity contribution is -0.135. The number of aryl methyl sites for hydroxylation is 1. The van der Waals surface area contributed by atoms with Crippen LogP contribution in [0.1, 0.15) is 91.6 Å². The number of carbonyl (C=O) groups is 3. The topological polar surface area (TPSA) is 155 Å². The van der Waals surface area contributed by atoms with Crippen LogP contribution in [0.5, 0.6) is 0 Å². The fourth-order valence-corrected chi connectivity index (χ4v) is 8.77. The van der Waals surface area contributed by atoms with Crippen molar-refractivity contribution in [3.63, 3.8) is 0 Å². The summed E-state index contributed by atoms with van der Waals surface area (Å²) in [6.45, 7) is 2.58. The van der Waals surface area contributed by atoms with Crippen LogP contribution in [0.4, 0.5) is 20.3 Å². The third kappa shape index (κ3) is 6.56. The molecular formula is C38H44F2N10O4. The molecule has 3 N–H and O–H groups in total. The van der Waals surface area contributed by atoms with E-state index in [1.54, 1.807) is 46.7 Å². The van der Waals surface area contributed by atoms with Crippen LogP contribution >= 0.6 is 0 Å². The zero-order valence-electron chi connectivity index (χ0n) is 30.3. The van der Waals surface area contributed by atoms with Crippen molar-refractivity contribution in [1.82, 2.24) is 38.7 Å². The second kappa shape index (κ2) is 14.5. The first-order chi connectivity index (χ1) is 26.1. The molecule has 1 saturated carbocycles. The molecule has 54 heavy (non-hydrogen) atoms.